The number of ether oxygens (including phenoxy) is 4. The Morgan fingerprint density at radius 2 is 0.593 bits per heavy atom. The fraction of sp³-hybridized carbons (Fsp3) is 0.889. The van der Waals surface area contributed by atoms with Crippen molar-refractivity contribution in [3.63, 3.8) is 0 Å². The highest BCUT2D eigenvalue weighted by Gasteiger charge is 2.30. The fourth-order valence-corrected chi connectivity index (χ4v) is 12.0. The van der Waals surface area contributed by atoms with Crippen LogP contribution in [0.3, 0.4) is 0 Å². The van der Waals surface area contributed by atoms with Crippen molar-refractivity contribution in [1.29, 1.82) is 0 Å². The van der Waals surface area contributed by atoms with Gasteiger partial charge < -0.3 is 33.8 Å². The molecule has 0 saturated heterocycles. The van der Waals surface area contributed by atoms with E-state index in [1.807, 2.05) is 0 Å². The quantitative estimate of drug-likeness (QED) is 0.0169. The summed E-state index contributed by atoms with van der Waals surface area (Å²) >= 11 is 0. The summed E-state index contributed by atoms with van der Waals surface area (Å²) in [6.45, 7) is 9.45. The van der Waals surface area contributed by atoms with Crippen molar-refractivity contribution >= 4 is 39.5 Å². The van der Waals surface area contributed by atoms with Gasteiger partial charge in [0.2, 0.25) is 0 Å². The molecule has 0 radical (unpaired) electrons. The molecule has 0 aliphatic heterocycles. The molecule has 536 valence electrons. The summed E-state index contributed by atoms with van der Waals surface area (Å²) in [7, 11) is -9.92. The molecule has 0 aliphatic carbocycles. The van der Waals surface area contributed by atoms with Crippen LogP contribution >= 0.6 is 15.6 Å². The Morgan fingerprint density at radius 1 is 0.341 bits per heavy atom. The van der Waals surface area contributed by atoms with Gasteiger partial charge in [-0.25, -0.2) is 9.13 Å². The van der Waals surface area contributed by atoms with Gasteiger partial charge in [-0.2, -0.15) is 0 Å². The number of hydrogen-bond acceptors (Lipinski definition) is 15. The van der Waals surface area contributed by atoms with Crippen molar-refractivity contribution < 1.29 is 80.2 Å². The molecule has 3 N–H and O–H groups in total. The third kappa shape index (κ3) is 66.0. The van der Waals surface area contributed by atoms with Crippen molar-refractivity contribution in [3.8, 4) is 0 Å². The van der Waals surface area contributed by atoms with E-state index in [0.29, 0.717) is 31.6 Å². The van der Waals surface area contributed by atoms with Crippen molar-refractivity contribution in [2.24, 2.45) is 11.8 Å². The molecule has 0 fully saturated rings. The maximum absolute atomic E-state index is 13.0. The zero-order chi connectivity index (χ0) is 67.2. The molecule has 5 atom stereocenters. The van der Waals surface area contributed by atoms with Crippen LogP contribution in [0.5, 0.6) is 0 Å². The Hall–Kier alpha value is -2.46. The fourth-order valence-electron chi connectivity index (χ4n) is 10.4. The SMILES string of the molecule is CCCCCC/C=C\C=C/CCCCCCCC(=O)O[C@H](COC(=O)CCCCCCCCCCCCCC(C)C)COP(=O)(O)OC[C@@H](O)COP(=O)(O)OC[C@@H](COC(=O)CCCCCCCCCCCCC)OC(=O)CCCCCCCCCCC(C)C. The van der Waals surface area contributed by atoms with E-state index in [1.54, 1.807) is 0 Å². The van der Waals surface area contributed by atoms with Crippen molar-refractivity contribution in [2.75, 3.05) is 39.6 Å². The molecule has 91 heavy (non-hydrogen) atoms. The summed E-state index contributed by atoms with van der Waals surface area (Å²) < 4.78 is 68.3. The molecule has 0 aliphatic rings. The average Bonchev–Trinajstić information content (AvgIpc) is 3.68. The van der Waals surface area contributed by atoms with Gasteiger partial charge in [-0.15, -0.1) is 0 Å². The van der Waals surface area contributed by atoms with E-state index in [4.69, 9.17) is 37.0 Å². The number of phosphoric acid groups is 2. The number of carbonyl (C=O) groups excluding carboxylic acids is 4. The average molecular weight is 1340 g/mol. The number of allylic oxidation sites excluding steroid dienone is 4. The third-order valence-corrected chi connectivity index (χ3v) is 18.0. The van der Waals surface area contributed by atoms with Crippen LogP contribution < -0.4 is 0 Å². The minimum Gasteiger partial charge on any atom is -0.462 e. The largest absolute Gasteiger partial charge is 0.472 e. The van der Waals surface area contributed by atoms with Gasteiger partial charge in [0.05, 0.1) is 26.4 Å². The standard InChI is InChI=1S/C72H136O17P2/c1-7-9-11-13-15-17-19-20-21-22-26-31-38-44-50-56-71(76)88-67(60-83-70(75)55-49-43-37-30-27-23-25-28-34-40-46-52-64(3)4)62-86-90(78,79)84-58-66(73)59-85-91(80,81)87-63-68(89-72(77)57-51-45-39-33-32-35-41-47-53-65(5)6)61-82-69(74)54-48-42-36-29-24-18-16-14-12-10-8-2/h17,19-21,64-68,73H,7-16,18,22-63H2,1-6H3,(H,78,79)(H,80,81)/b19-17-,21-20-/t66-,67-,68-/m1/s1. The second kappa shape index (κ2) is 63.6. The van der Waals surface area contributed by atoms with Crippen LogP contribution in [-0.2, 0) is 65.4 Å². The van der Waals surface area contributed by atoms with E-state index < -0.39 is 97.5 Å². The van der Waals surface area contributed by atoms with Crippen LogP contribution in [0.4, 0.5) is 0 Å². The van der Waals surface area contributed by atoms with Crippen molar-refractivity contribution in [3.05, 3.63) is 24.3 Å². The summed E-state index contributed by atoms with van der Waals surface area (Å²) in [4.78, 5) is 72.6. The summed E-state index contributed by atoms with van der Waals surface area (Å²) in [5, 5.41) is 10.6. The maximum Gasteiger partial charge on any atom is 0.472 e. The highest BCUT2D eigenvalue weighted by atomic mass is 31.2. The first-order chi connectivity index (χ1) is 43.9. The Bertz CT molecular complexity index is 1860. The number of carbonyl (C=O) groups is 4. The summed E-state index contributed by atoms with van der Waals surface area (Å²) in [5.41, 5.74) is 0. The van der Waals surface area contributed by atoms with E-state index in [9.17, 15) is 43.2 Å². The smallest absolute Gasteiger partial charge is 0.462 e. The highest BCUT2D eigenvalue weighted by Crippen LogP contribution is 2.45. The second-order valence-corrected chi connectivity index (χ2v) is 29.2. The molecule has 0 rings (SSSR count). The van der Waals surface area contributed by atoms with Crippen LogP contribution in [0.15, 0.2) is 24.3 Å². The molecule has 0 aromatic rings. The minimum atomic E-state index is -4.96. The van der Waals surface area contributed by atoms with E-state index in [-0.39, 0.29) is 25.7 Å². The lowest BCUT2D eigenvalue weighted by molar-refractivity contribution is -0.161. The molecule has 0 heterocycles. The third-order valence-electron chi connectivity index (χ3n) is 16.1. The van der Waals surface area contributed by atoms with Crippen LogP contribution in [-0.4, -0.2) is 96.7 Å². The first-order valence-corrected chi connectivity index (χ1v) is 39.8. The Kier molecular flexibility index (Phi) is 61.9. The number of unbranched alkanes of at least 4 members (excludes halogenated alkanes) is 36. The monoisotopic (exact) mass is 1330 g/mol. The van der Waals surface area contributed by atoms with E-state index in [2.05, 4.69) is 65.8 Å². The maximum atomic E-state index is 13.0. The first kappa shape index (κ1) is 88.5. The van der Waals surface area contributed by atoms with Crippen LogP contribution in [0.1, 0.15) is 343 Å². The van der Waals surface area contributed by atoms with E-state index >= 15 is 0 Å². The number of aliphatic hydroxyl groups is 1. The molecule has 2 unspecified atom stereocenters. The molecule has 0 bridgehead atoms. The Labute approximate surface area is 554 Å². The van der Waals surface area contributed by atoms with Crippen LogP contribution in [0.25, 0.3) is 0 Å². The lowest BCUT2D eigenvalue weighted by Gasteiger charge is -2.21. The number of hydrogen-bond donors (Lipinski definition) is 3. The molecular weight excluding hydrogens is 1200 g/mol. The zero-order valence-corrected chi connectivity index (χ0v) is 60.4. The van der Waals surface area contributed by atoms with Gasteiger partial charge in [0.25, 0.3) is 0 Å². The summed E-state index contributed by atoms with van der Waals surface area (Å²) in [5.74, 6) is -0.668. The predicted octanol–water partition coefficient (Wildman–Crippen LogP) is 20.3. The lowest BCUT2D eigenvalue weighted by Crippen LogP contribution is -2.30. The van der Waals surface area contributed by atoms with Crippen LogP contribution in [0.2, 0.25) is 0 Å². The lowest BCUT2D eigenvalue weighted by atomic mass is 10.0. The van der Waals surface area contributed by atoms with E-state index in [0.717, 1.165) is 109 Å². The highest BCUT2D eigenvalue weighted by molar-refractivity contribution is 7.47. The van der Waals surface area contributed by atoms with Crippen molar-refractivity contribution in [2.45, 2.75) is 362 Å². The molecular formula is C72H136O17P2. The number of aliphatic hydroxyl groups excluding tert-OH is 1. The summed E-state index contributed by atoms with van der Waals surface area (Å²) in [6.07, 6.45) is 52.1. The Morgan fingerprint density at radius 3 is 0.901 bits per heavy atom. The molecule has 0 aromatic heterocycles. The molecule has 0 aromatic carbocycles. The van der Waals surface area contributed by atoms with E-state index in [1.165, 1.54) is 148 Å². The van der Waals surface area contributed by atoms with Gasteiger partial charge in [-0.3, -0.25) is 37.3 Å². The topological polar surface area (TPSA) is 237 Å². The summed E-state index contributed by atoms with van der Waals surface area (Å²) in [6, 6.07) is 0. The van der Waals surface area contributed by atoms with Gasteiger partial charge in [-0.1, -0.05) is 291 Å². The molecule has 19 heteroatoms. The first-order valence-electron chi connectivity index (χ1n) is 36.8. The molecule has 0 spiro atoms. The van der Waals surface area contributed by atoms with Crippen LogP contribution in [0, 0.1) is 11.8 Å². The van der Waals surface area contributed by atoms with Gasteiger partial charge in [0, 0.05) is 25.7 Å². The Balaban J connectivity index is 5.29. The predicted molar refractivity (Wildman–Crippen MR) is 367 cm³/mol. The van der Waals surface area contributed by atoms with Gasteiger partial charge >= 0.3 is 39.5 Å². The molecule has 0 amide bonds. The number of phosphoric ester groups is 2. The number of esters is 4. The minimum absolute atomic E-state index is 0.0848. The normalized spacial score (nSPS) is 14.3. The van der Waals surface area contributed by atoms with Crippen molar-refractivity contribution in [1.82, 2.24) is 0 Å². The molecule has 0 saturated carbocycles. The number of rotatable bonds is 69. The zero-order valence-electron chi connectivity index (χ0n) is 58.6. The van der Waals surface area contributed by atoms with Gasteiger partial charge in [0.1, 0.15) is 19.3 Å². The van der Waals surface area contributed by atoms with Gasteiger partial charge in [-0.05, 0) is 63.2 Å². The second-order valence-electron chi connectivity index (χ2n) is 26.2. The van der Waals surface area contributed by atoms with Gasteiger partial charge in [0.15, 0.2) is 12.2 Å². The molecule has 17 nitrogen and oxygen atoms in total.